The fraction of sp³-hybridized carbons (Fsp3) is 0. The number of ether oxygens (including phenoxy) is 1. The van der Waals surface area contributed by atoms with Gasteiger partial charge in [-0.2, -0.15) is 0 Å². The number of benzene rings is 4. The van der Waals surface area contributed by atoms with Crippen LogP contribution in [0.15, 0.2) is 72.8 Å². The van der Waals surface area contributed by atoms with Crippen molar-refractivity contribution in [3.8, 4) is 11.5 Å². The SMILES string of the molecule is O=C(Nc1nc2c(Cl)ccc(Cl)c2s1)c1ccc(Oc2ccc(C(=O)Nc3nc4c(Cl)ccc(Cl)c4s3)cc2)cc1. The molecule has 0 radical (unpaired) electrons. The third-order valence-electron chi connectivity index (χ3n) is 5.80. The summed E-state index contributed by atoms with van der Waals surface area (Å²) in [5.74, 6) is 0.354. The first kappa shape index (κ1) is 27.7. The number of aromatic nitrogens is 2. The summed E-state index contributed by atoms with van der Waals surface area (Å²) in [5.41, 5.74) is 1.91. The molecule has 0 aliphatic rings. The largest absolute Gasteiger partial charge is 0.457 e. The van der Waals surface area contributed by atoms with Crippen LogP contribution in [0, 0.1) is 0 Å². The molecule has 6 aromatic rings. The molecule has 204 valence electrons. The van der Waals surface area contributed by atoms with Crippen molar-refractivity contribution in [2.45, 2.75) is 0 Å². The van der Waals surface area contributed by atoms with E-state index in [0.717, 1.165) is 0 Å². The molecule has 0 aliphatic heterocycles. The summed E-state index contributed by atoms with van der Waals surface area (Å²) in [6, 6.07) is 19.9. The first-order valence-corrected chi connectivity index (χ1v) is 14.9. The number of amides is 2. The molecule has 2 heterocycles. The van der Waals surface area contributed by atoms with Crippen LogP contribution in [-0.2, 0) is 0 Å². The monoisotopic (exact) mass is 658 g/mol. The molecule has 4 aromatic carbocycles. The van der Waals surface area contributed by atoms with Crippen LogP contribution in [0.4, 0.5) is 10.3 Å². The lowest BCUT2D eigenvalue weighted by atomic mass is 10.2. The van der Waals surface area contributed by atoms with Gasteiger partial charge in [0.15, 0.2) is 10.3 Å². The van der Waals surface area contributed by atoms with Gasteiger partial charge in [0.2, 0.25) is 0 Å². The summed E-state index contributed by atoms with van der Waals surface area (Å²) in [6.07, 6.45) is 0. The molecule has 0 spiro atoms. The van der Waals surface area contributed by atoms with Crippen molar-refractivity contribution in [2.24, 2.45) is 0 Å². The number of nitrogens with zero attached hydrogens (tertiary/aromatic N) is 2. The predicted molar refractivity (Wildman–Crippen MR) is 168 cm³/mol. The topological polar surface area (TPSA) is 93.2 Å². The van der Waals surface area contributed by atoms with Crippen LogP contribution in [0.1, 0.15) is 20.7 Å². The lowest BCUT2D eigenvalue weighted by Gasteiger charge is -2.08. The smallest absolute Gasteiger partial charge is 0.257 e. The molecule has 0 unspecified atom stereocenters. The maximum atomic E-state index is 12.7. The number of rotatable bonds is 6. The molecule has 2 amide bonds. The molecular formula is C28H14Cl4N4O3S2. The Morgan fingerprint density at radius 1 is 0.561 bits per heavy atom. The molecule has 0 saturated carbocycles. The van der Waals surface area contributed by atoms with Gasteiger partial charge in [-0.05, 0) is 72.8 Å². The van der Waals surface area contributed by atoms with Crippen LogP contribution in [0.3, 0.4) is 0 Å². The Morgan fingerprint density at radius 3 is 1.29 bits per heavy atom. The van der Waals surface area contributed by atoms with E-state index in [-0.39, 0.29) is 11.8 Å². The second-order valence-electron chi connectivity index (χ2n) is 8.51. The molecule has 0 fully saturated rings. The van der Waals surface area contributed by atoms with Crippen LogP contribution in [0.5, 0.6) is 11.5 Å². The maximum Gasteiger partial charge on any atom is 0.257 e. The van der Waals surface area contributed by atoms with E-state index in [1.165, 1.54) is 22.7 Å². The highest BCUT2D eigenvalue weighted by molar-refractivity contribution is 7.23. The molecule has 7 nitrogen and oxygen atoms in total. The highest BCUT2D eigenvalue weighted by Crippen LogP contribution is 2.37. The number of hydrogen-bond acceptors (Lipinski definition) is 7. The van der Waals surface area contributed by atoms with Gasteiger partial charge in [-0.25, -0.2) is 9.97 Å². The second-order valence-corrected chi connectivity index (χ2v) is 12.1. The quantitative estimate of drug-likeness (QED) is 0.186. The molecule has 13 heteroatoms. The van der Waals surface area contributed by atoms with Crippen molar-refractivity contribution < 1.29 is 14.3 Å². The number of halogens is 4. The number of anilines is 2. The molecule has 6 rings (SSSR count). The van der Waals surface area contributed by atoms with Gasteiger partial charge in [0.25, 0.3) is 11.8 Å². The van der Waals surface area contributed by atoms with Gasteiger partial charge in [-0.15, -0.1) is 0 Å². The van der Waals surface area contributed by atoms with E-state index in [1.807, 2.05) is 0 Å². The molecule has 0 atom stereocenters. The van der Waals surface area contributed by atoms with E-state index in [0.29, 0.717) is 73.4 Å². The van der Waals surface area contributed by atoms with Crippen LogP contribution < -0.4 is 15.4 Å². The van der Waals surface area contributed by atoms with Gasteiger partial charge >= 0.3 is 0 Å². The van der Waals surface area contributed by atoms with Crippen molar-refractivity contribution in [3.05, 3.63) is 104 Å². The average molecular weight is 660 g/mol. The van der Waals surface area contributed by atoms with E-state index < -0.39 is 0 Å². The Kier molecular flexibility index (Phi) is 7.74. The third kappa shape index (κ3) is 5.83. The van der Waals surface area contributed by atoms with Gasteiger partial charge in [0, 0.05) is 11.1 Å². The molecule has 41 heavy (non-hydrogen) atoms. The molecule has 2 aromatic heterocycles. The van der Waals surface area contributed by atoms with Crippen LogP contribution in [0.25, 0.3) is 20.4 Å². The van der Waals surface area contributed by atoms with E-state index in [9.17, 15) is 9.59 Å². The van der Waals surface area contributed by atoms with Crippen molar-refractivity contribution in [3.63, 3.8) is 0 Å². The standard InChI is InChI=1S/C28H14Cl4N4O3S2/c29-17-9-11-19(31)23-21(17)33-27(40-23)35-25(37)13-1-5-15(6-2-13)39-16-7-3-14(4-8-16)26(38)36-28-34-22-18(30)10-12-20(32)24(22)41-28/h1-12H,(H,33,35,37)(H,34,36,38). The van der Waals surface area contributed by atoms with Crippen molar-refractivity contribution in [2.75, 3.05) is 10.6 Å². The minimum atomic E-state index is -0.337. The number of fused-ring (bicyclic) bond motifs is 2. The first-order chi connectivity index (χ1) is 19.7. The normalized spacial score (nSPS) is 11.1. The molecule has 2 N–H and O–H groups in total. The summed E-state index contributed by atoms with van der Waals surface area (Å²) in [7, 11) is 0. The zero-order chi connectivity index (χ0) is 28.7. The Balaban J connectivity index is 1.08. The Labute approximate surface area is 260 Å². The fourth-order valence-corrected chi connectivity index (χ4v) is 6.65. The van der Waals surface area contributed by atoms with E-state index in [4.69, 9.17) is 51.1 Å². The number of carbonyl (C=O) groups excluding carboxylic acids is 2. The van der Waals surface area contributed by atoms with Crippen LogP contribution in [-0.4, -0.2) is 21.8 Å². The van der Waals surface area contributed by atoms with E-state index >= 15 is 0 Å². The van der Waals surface area contributed by atoms with Crippen molar-refractivity contribution >= 4 is 112 Å². The first-order valence-electron chi connectivity index (χ1n) is 11.7. The van der Waals surface area contributed by atoms with E-state index in [2.05, 4.69) is 20.6 Å². The minimum absolute atomic E-state index is 0.337. The summed E-state index contributed by atoms with van der Waals surface area (Å²) in [5, 5.41) is 8.27. The zero-order valence-corrected chi connectivity index (χ0v) is 25.0. The lowest BCUT2D eigenvalue weighted by Crippen LogP contribution is -2.11. The Hall–Kier alpha value is -3.44. The summed E-state index contributed by atoms with van der Waals surface area (Å²) in [4.78, 5) is 34.2. The second kappa shape index (κ2) is 11.4. The number of carbonyl (C=O) groups is 2. The van der Waals surface area contributed by atoms with Crippen molar-refractivity contribution in [1.29, 1.82) is 0 Å². The lowest BCUT2D eigenvalue weighted by molar-refractivity contribution is 0.101. The Bertz CT molecular complexity index is 1740. The summed E-state index contributed by atoms with van der Waals surface area (Å²) in [6.45, 7) is 0. The highest BCUT2D eigenvalue weighted by atomic mass is 35.5. The fourth-order valence-electron chi connectivity index (χ4n) is 3.82. The van der Waals surface area contributed by atoms with Gasteiger partial charge < -0.3 is 4.74 Å². The van der Waals surface area contributed by atoms with Gasteiger partial charge in [-0.1, -0.05) is 69.1 Å². The number of nitrogens with one attached hydrogen (secondary N) is 2. The summed E-state index contributed by atoms with van der Waals surface area (Å²) < 4.78 is 7.28. The van der Waals surface area contributed by atoms with E-state index in [1.54, 1.807) is 72.8 Å². The van der Waals surface area contributed by atoms with Gasteiger partial charge in [0.1, 0.15) is 22.5 Å². The summed E-state index contributed by atoms with van der Waals surface area (Å²) >= 11 is 27.3. The zero-order valence-electron chi connectivity index (χ0n) is 20.4. The molecular weight excluding hydrogens is 646 g/mol. The minimum Gasteiger partial charge on any atom is -0.457 e. The average Bonchev–Trinajstić information content (AvgIpc) is 3.60. The molecule has 0 bridgehead atoms. The number of thiazole rings is 2. The molecule has 0 saturated heterocycles. The van der Waals surface area contributed by atoms with Crippen molar-refractivity contribution in [1.82, 2.24) is 9.97 Å². The van der Waals surface area contributed by atoms with Crippen LogP contribution >= 0.6 is 69.1 Å². The predicted octanol–water partition coefficient (Wildman–Crippen LogP) is 9.82. The Morgan fingerprint density at radius 2 is 0.927 bits per heavy atom. The third-order valence-corrected chi connectivity index (χ3v) is 9.27. The van der Waals surface area contributed by atoms with Crippen LogP contribution in [0.2, 0.25) is 20.1 Å². The maximum absolute atomic E-state index is 12.7. The highest BCUT2D eigenvalue weighted by Gasteiger charge is 2.16. The number of hydrogen-bond donors (Lipinski definition) is 2. The molecule has 0 aliphatic carbocycles. The van der Waals surface area contributed by atoms with Gasteiger partial charge in [0.05, 0.1) is 29.5 Å². The van der Waals surface area contributed by atoms with Gasteiger partial charge in [-0.3, -0.25) is 20.2 Å².